The van der Waals surface area contributed by atoms with E-state index in [9.17, 15) is 18.0 Å². The van der Waals surface area contributed by atoms with E-state index in [1.807, 2.05) is 6.07 Å². The number of nitrogens with one attached hydrogen (secondary N) is 1. The highest BCUT2D eigenvalue weighted by Crippen LogP contribution is 2.30. The topological polar surface area (TPSA) is 58.1 Å². The van der Waals surface area contributed by atoms with Crippen molar-refractivity contribution in [2.24, 2.45) is 0 Å². The molecule has 0 spiro atoms. The molecule has 1 N–H and O–H groups in total. The minimum atomic E-state index is -4.44. The van der Waals surface area contributed by atoms with Crippen molar-refractivity contribution in [3.05, 3.63) is 42.2 Å². The van der Waals surface area contributed by atoms with Gasteiger partial charge in [-0.05, 0) is 31.0 Å². The second-order valence-corrected chi connectivity index (χ2v) is 6.82. The molecule has 0 aliphatic carbocycles. The number of halogens is 3. The van der Waals surface area contributed by atoms with Crippen LogP contribution in [0.1, 0.15) is 18.4 Å². The SMILES string of the molecule is O=C(CSc1cc(N2CCCC2)ncn1)Nc1cccc(C(F)(F)F)c1. The number of nitrogens with zero attached hydrogens (tertiary/aromatic N) is 3. The van der Waals surface area contributed by atoms with E-state index in [0.29, 0.717) is 5.03 Å². The molecule has 3 rings (SSSR count). The molecule has 0 bridgehead atoms. The van der Waals surface area contributed by atoms with Gasteiger partial charge in [0.1, 0.15) is 17.2 Å². The Hall–Kier alpha value is -2.29. The van der Waals surface area contributed by atoms with Gasteiger partial charge >= 0.3 is 6.18 Å². The highest BCUT2D eigenvalue weighted by atomic mass is 32.2. The van der Waals surface area contributed by atoms with Gasteiger partial charge in [0.25, 0.3) is 0 Å². The third-order valence-corrected chi connectivity index (χ3v) is 4.81. The fraction of sp³-hybridized carbons (Fsp3) is 0.353. The first kappa shape index (κ1) is 18.5. The Labute approximate surface area is 153 Å². The highest BCUT2D eigenvalue weighted by Gasteiger charge is 2.30. The summed E-state index contributed by atoms with van der Waals surface area (Å²) in [5, 5.41) is 3.13. The molecule has 0 atom stereocenters. The lowest BCUT2D eigenvalue weighted by Crippen LogP contribution is -2.19. The fourth-order valence-electron chi connectivity index (χ4n) is 2.64. The van der Waals surface area contributed by atoms with Crippen LogP contribution in [0.25, 0.3) is 0 Å². The monoisotopic (exact) mass is 382 g/mol. The third kappa shape index (κ3) is 4.87. The Morgan fingerprint density at radius 3 is 2.69 bits per heavy atom. The van der Waals surface area contributed by atoms with Crippen LogP contribution in [0, 0.1) is 0 Å². The summed E-state index contributed by atoms with van der Waals surface area (Å²) < 4.78 is 38.1. The van der Waals surface area contributed by atoms with Crippen LogP contribution in [0.2, 0.25) is 0 Å². The summed E-state index contributed by atoms with van der Waals surface area (Å²) >= 11 is 1.22. The zero-order valence-corrected chi connectivity index (χ0v) is 14.6. The molecule has 1 aliphatic heterocycles. The molecule has 138 valence electrons. The molecule has 1 fully saturated rings. The normalized spacial score (nSPS) is 14.5. The average Bonchev–Trinajstić information content (AvgIpc) is 3.14. The quantitative estimate of drug-likeness (QED) is 0.629. The van der Waals surface area contributed by atoms with E-state index in [-0.39, 0.29) is 11.4 Å². The molecular formula is C17H17F3N4OS. The predicted molar refractivity (Wildman–Crippen MR) is 94.3 cm³/mol. The molecule has 1 amide bonds. The second-order valence-electron chi connectivity index (χ2n) is 5.82. The lowest BCUT2D eigenvalue weighted by molar-refractivity contribution is -0.137. The van der Waals surface area contributed by atoms with Crippen molar-refractivity contribution in [1.29, 1.82) is 0 Å². The second kappa shape index (κ2) is 7.94. The maximum atomic E-state index is 12.7. The number of benzene rings is 1. The Balaban J connectivity index is 1.57. The number of anilines is 2. The van der Waals surface area contributed by atoms with E-state index >= 15 is 0 Å². The van der Waals surface area contributed by atoms with Gasteiger partial charge < -0.3 is 10.2 Å². The van der Waals surface area contributed by atoms with Gasteiger partial charge in [-0.15, -0.1) is 0 Å². The number of alkyl halides is 3. The standard InChI is InChI=1S/C17H17F3N4OS/c18-17(19,20)12-4-3-5-13(8-12)23-15(25)10-26-16-9-14(21-11-22-16)24-6-1-2-7-24/h3-5,8-9,11H,1-2,6-7,10H2,(H,23,25). The molecule has 0 unspecified atom stereocenters. The molecule has 5 nitrogen and oxygen atoms in total. The van der Waals surface area contributed by atoms with Crippen molar-refractivity contribution < 1.29 is 18.0 Å². The summed E-state index contributed by atoms with van der Waals surface area (Å²) in [7, 11) is 0. The number of thioether (sulfide) groups is 1. The number of hydrogen-bond acceptors (Lipinski definition) is 5. The van der Waals surface area contributed by atoms with Crippen molar-refractivity contribution in [3.8, 4) is 0 Å². The molecular weight excluding hydrogens is 365 g/mol. The summed E-state index contributed by atoms with van der Waals surface area (Å²) in [6.07, 6.45) is -0.721. The van der Waals surface area contributed by atoms with Gasteiger partial charge in [-0.3, -0.25) is 4.79 Å². The summed E-state index contributed by atoms with van der Waals surface area (Å²) in [6, 6.07) is 6.39. The van der Waals surface area contributed by atoms with Crippen LogP contribution in [0.3, 0.4) is 0 Å². The van der Waals surface area contributed by atoms with Crippen LogP contribution in [0.15, 0.2) is 41.7 Å². The van der Waals surface area contributed by atoms with Crippen LogP contribution in [0.4, 0.5) is 24.7 Å². The number of carbonyl (C=O) groups excluding carboxylic acids is 1. The average molecular weight is 382 g/mol. The first-order valence-electron chi connectivity index (χ1n) is 8.09. The van der Waals surface area contributed by atoms with Gasteiger partial charge in [0.2, 0.25) is 5.91 Å². The smallest absolute Gasteiger partial charge is 0.356 e. The van der Waals surface area contributed by atoms with E-state index in [1.54, 1.807) is 0 Å². The lowest BCUT2D eigenvalue weighted by atomic mass is 10.2. The Morgan fingerprint density at radius 2 is 1.96 bits per heavy atom. The minimum Gasteiger partial charge on any atom is -0.356 e. The van der Waals surface area contributed by atoms with E-state index in [0.717, 1.165) is 43.9 Å². The van der Waals surface area contributed by atoms with Crippen LogP contribution < -0.4 is 10.2 Å². The first-order valence-corrected chi connectivity index (χ1v) is 9.07. The molecule has 26 heavy (non-hydrogen) atoms. The summed E-state index contributed by atoms with van der Waals surface area (Å²) in [5.74, 6) is 0.487. The van der Waals surface area contributed by atoms with Crippen molar-refractivity contribution in [3.63, 3.8) is 0 Å². The molecule has 9 heteroatoms. The molecule has 1 aromatic carbocycles. The van der Waals surface area contributed by atoms with Gasteiger partial charge in [0.15, 0.2) is 0 Å². The Bertz CT molecular complexity index is 779. The zero-order valence-electron chi connectivity index (χ0n) is 13.8. The highest BCUT2D eigenvalue weighted by molar-refractivity contribution is 7.99. The predicted octanol–water partition coefficient (Wildman–Crippen LogP) is 3.83. The van der Waals surface area contributed by atoms with Crippen LogP contribution in [0.5, 0.6) is 0 Å². The molecule has 1 aliphatic rings. The van der Waals surface area contributed by atoms with E-state index < -0.39 is 17.6 Å². The fourth-order valence-corrected chi connectivity index (χ4v) is 3.30. The number of rotatable bonds is 5. The Kier molecular flexibility index (Phi) is 5.65. The molecule has 2 aromatic rings. The first-order chi connectivity index (χ1) is 12.4. The molecule has 0 saturated carbocycles. The number of amides is 1. The van der Waals surface area contributed by atoms with Gasteiger partial charge in [-0.25, -0.2) is 9.97 Å². The minimum absolute atomic E-state index is 0.0483. The van der Waals surface area contributed by atoms with Crippen molar-refractivity contribution in [2.75, 3.05) is 29.1 Å². The molecule has 0 radical (unpaired) electrons. The van der Waals surface area contributed by atoms with Gasteiger partial charge in [0, 0.05) is 24.8 Å². The number of aromatic nitrogens is 2. The van der Waals surface area contributed by atoms with Gasteiger partial charge in [-0.2, -0.15) is 13.2 Å². The summed E-state index contributed by atoms with van der Waals surface area (Å²) in [4.78, 5) is 22.6. The van der Waals surface area contributed by atoms with Crippen molar-refractivity contribution in [2.45, 2.75) is 24.0 Å². The molecule has 1 saturated heterocycles. The van der Waals surface area contributed by atoms with Crippen molar-refractivity contribution >= 4 is 29.2 Å². The van der Waals surface area contributed by atoms with Gasteiger partial charge in [-0.1, -0.05) is 17.8 Å². The van der Waals surface area contributed by atoms with Crippen LogP contribution >= 0.6 is 11.8 Å². The third-order valence-electron chi connectivity index (χ3n) is 3.88. The zero-order chi connectivity index (χ0) is 18.6. The van der Waals surface area contributed by atoms with E-state index in [1.165, 1.54) is 30.2 Å². The van der Waals surface area contributed by atoms with Crippen molar-refractivity contribution in [1.82, 2.24) is 9.97 Å². The summed E-state index contributed by atoms with van der Waals surface area (Å²) in [6.45, 7) is 1.91. The number of carbonyl (C=O) groups is 1. The largest absolute Gasteiger partial charge is 0.416 e. The lowest BCUT2D eigenvalue weighted by Gasteiger charge is -2.16. The maximum absolute atomic E-state index is 12.7. The van der Waals surface area contributed by atoms with Gasteiger partial charge in [0.05, 0.1) is 11.3 Å². The maximum Gasteiger partial charge on any atom is 0.416 e. The van der Waals surface area contributed by atoms with Crippen LogP contribution in [-0.2, 0) is 11.0 Å². The van der Waals surface area contributed by atoms with Crippen LogP contribution in [-0.4, -0.2) is 34.7 Å². The Morgan fingerprint density at radius 1 is 1.19 bits per heavy atom. The molecule has 2 heterocycles. The van der Waals surface area contributed by atoms with E-state index in [2.05, 4.69) is 20.2 Å². The summed E-state index contributed by atoms with van der Waals surface area (Å²) in [5.41, 5.74) is -0.681. The van der Waals surface area contributed by atoms with E-state index in [4.69, 9.17) is 0 Å². The molecule has 1 aromatic heterocycles. The number of hydrogen-bond donors (Lipinski definition) is 1.